The van der Waals surface area contributed by atoms with Crippen LogP contribution in [0.5, 0.6) is 5.75 Å². The number of rotatable bonds is 3. The molecule has 0 saturated carbocycles. The van der Waals surface area contributed by atoms with Crippen molar-refractivity contribution in [3.8, 4) is 5.75 Å². The van der Waals surface area contributed by atoms with Crippen LogP contribution in [0.2, 0.25) is 0 Å². The van der Waals surface area contributed by atoms with Crippen LogP contribution in [0.15, 0.2) is 40.0 Å². The molecule has 0 fully saturated rings. The number of aromatic nitrogens is 2. The summed E-state index contributed by atoms with van der Waals surface area (Å²) in [6.07, 6.45) is 0. The largest absolute Gasteiger partial charge is 0.497 e. The number of nitrogens with one attached hydrogen (secondary N) is 1. The van der Waals surface area contributed by atoms with E-state index >= 15 is 0 Å². The summed E-state index contributed by atoms with van der Waals surface area (Å²) in [6, 6.07) is 7.83. The van der Waals surface area contributed by atoms with Crippen LogP contribution in [0, 0.1) is 13.8 Å². The molecule has 1 aromatic heterocycles. The number of hydrogen-bond donors (Lipinski definition) is 2. The zero-order valence-corrected chi connectivity index (χ0v) is 14.3. The van der Waals surface area contributed by atoms with Gasteiger partial charge in [0.2, 0.25) is 0 Å². The normalized spacial score (nSPS) is 11.8. The minimum Gasteiger partial charge on any atom is -0.497 e. The van der Waals surface area contributed by atoms with Gasteiger partial charge in [0, 0.05) is 5.69 Å². The number of fused-ring (bicyclic) bond motifs is 1. The molecule has 0 bridgehead atoms. The SMILES string of the molecule is COc1cc(C)c(S(=O)(=O)n2c(=O)[nH]c3cc(N)ccc32)c(C)c1. The van der Waals surface area contributed by atoms with E-state index in [4.69, 9.17) is 10.5 Å². The third-order valence-corrected chi connectivity index (χ3v) is 5.84. The van der Waals surface area contributed by atoms with Crippen molar-refractivity contribution in [3.05, 3.63) is 51.9 Å². The lowest BCUT2D eigenvalue weighted by Crippen LogP contribution is -2.26. The van der Waals surface area contributed by atoms with Gasteiger partial charge in [-0.2, -0.15) is 3.97 Å². The van der Waals surface area contributed by atoms with E-state index in [2.05, 4.69) is 4.98 Å². The van der Waals surface area contributed by atoms with E-state index < -0.39 is 15.7 Å². The molecule has 0 unspecified atom stereocenters. The zero-order valence-electron chi connectivity index (χ0n) is 13.5. The minimum atomic E-state index is -4.08. The number of benzene rings is 2. The molecule has 0 amide bonds. The quantitative estimate of drug-likeness (QED) is 0.702. The third-order valence-electron chi connectivity index (χ3n) is 3.83. The molecule has 0 radical (unpaired) electrons. The van der Waals surface area contributed by atoms with Gasteiger partial charge in [0.15, 0.2) is 0 Å². The van der Waals surface area contributed by atoms with Crippen LogP contribution in [-0.2, 0) is 10.0 Å². The Hall–Kier alpha value is -2.74. The molecule has 0 aliphatic rings. The average Bonchev–Trinajstić information content (AvgIpc) is 2.81. The summed E-state index contributed by atoms with van der Waals surface area (Å²) in [5, 5.41) is 0. The molecule has 8 heteroatoms. The van der Waals surface area contributed by atoms with Gasteiger partial charge < -0.3 is 15.5 Å². The first kappa shape index (κ1) is 16.1. The first-order valence-electron chi connectivity index (χ1n) is 7.17. The van der Waals surface area contributed by atoms with Crippen molar-refractivity contribution in [1.29, 1.82) is 0 Å². The lowest BCUT2D eigenvalue weighted by atomic mass is 10.1. The molecule has 24 heavy (non-hydrogen) atoms. The Morgan fingerprint density at radius 1 is 1.12 bits per heavy atom. The second-order valence-corrected chi connectivity index (χ2v) is 7.29. The molecular formula is C16H17N3O4S. The summed E-state index contributed by atoms with van der Waals surface area (Å²) < 4.78 is 32.2. The van der Waals surface area contributed by atoms with Crippen molar-refractivity contribution in [2.24, 2.45) is 0 Å². The van der Waals surface area contributed by atoms with Crippen LogP contribution < -0.4 is 16.2 Å². The molecule has 0 aliphatic carbocycles. The fourth-order valence-electron chi connectivity index (χ4n) is 2.87. The van der Waals surface area contributed by atoms with E-state index in [0.717, 1.165) is 3.97 Å². The average molecular weight is 347 g/mol. The number of aromatic amines is 1. The Morgan fingerprint density at radius 2 is 1.75 bits per heavy atom. The molecule has 3 aromatic rings. The highest BCUT2D eigenvalue weighted by molar-refractivity contribution is 7.90. The second kappa shape index (κ2) is 5.41. The monoisotopic (exact) mass is 347 g/mol. The first-order chi connectivity index (χ1) is 11.3. The molecule has 1 heterocycles. The lowest BCUT2D eigenvalue weighted by Gasteiger charge is -2.13. The van der Waals surface area contributed by atoms with Gasteiger partial charge in [-0.3, -0.25) is 0 Å². The number of aryl methyl sites for hydroxylation is 2. The summed E-state index contributed by atoms with van der Waals surface area (Å²) in [6.45, 7) is 3.33. The topological polar surface area (TPSA) is 107 Å². The molecule has 2 aromatic carbocycles. The van der Waals surface area contributed by atoms with Gasteiger partial charge in [0.25, 0.3) is 10.0 Å². The predicted octanol–water partition coefficient (Wildman–Crippen LogP) is 1.77. The molecule has 0 atom stereocenters. The van der Waals surface area contributed by atoms with Crippen molar-refractivity contribution in [2.45, 2.75) is 18.7 Å². The van der Waals surface area contributed by atoms with Crippen molar-refractivity contribution in [2.75, 3.05) is 12.8 Å². The summed E-state index contributed by atoms with van der Waals surface area (Å²) in [4.78, 5) is 14.9. The number of nitrogens with two attached hydrogens (primary N) is 1. The number of H-pyrrole nitrogens is 1. The highest BCUT2D eigenvalue weighted by Gasteiger charge is 2.26. The maximum Gasteiger partial charge on any atom is 0.340 e. The number of methoxy groups -OCH3 is 1. The molecule has 3 rings (SSSR count). The molecule has 7 nitrogen and oxygen atoms in total. The maximum atomic E-state index is 13.1. The van der Waals surface area contributed by atoms with Crippen LogP contribution in [0.1, 0.15) is 11.1 Å². The van der Waals surface area contributed by atoms with Crippen LogP contribution in [0.3, 0.4) is 0 Å². The Morgan fingerprint density at radius 3 is 2.33 bits per heavy atom. The van der Waals surface area contributed by atoms with Gasteiger partial charge in [0.05, 0.1) is 23.0 Å². The van der Waals surface area contributed by atoms with E-state index in [9.17, 15) is 13.2 Å². The number of hydrogen-bond acceptors (Lipinski definition) is 5. The van der Waals surface area contributed by atoms with E-state index in [-0.39, 0.29) is 10.4 Å². The molecule has 0 spiro atoms. The molecule has 0 aliphatic heterocycles. The van der Waals surface area contributed by atoms with Crippen molar-refractivity contribution in [3.63, 3.8) is 0 Å². The van der Waals surface area contributed by atoms with Gasteiger partial charge in [-0.25, -0.2) is 13.2 Å². The summed E-state index contributed by atoms with van der Waals surface area (Å²) in [7, 11) is -2.56. The van der Waals surface area contributed by atoms with Gasteiger partial charge in [-0.15, -0.1) is 0 Å². The molecule has 126 valence electrons. The van der Waals surface area contributed by atoms with E-state index in [1.807, 2.05) is 0 Å². The fraction of sp³-hybridized carbons (Fsp3) is 0.188. The van der Waals surface area contributed by atoms with E-state index in [1.54, 1.807) is 32.0 Å². The Labute approximate surface area is 138 Å². The molecule has 0 saturated heterocycles. The number of imidazole rings is 1. The second-order valence-electron chi connectivity index (χ2n) is 5.57. The Balaban J connectivity index is 2.35. The lowest BCUT2D eigenvalue weighted by molar-refractivity contribution is 0.413. The number of anilines is 1. The predicted molar refractivity (Wildman–Crippen MR) is 92.0 cm³/mol. The van der Waals surface area contributed by atoms with Crippen LogP contribution >= 0.6 is 0 Å². The Bertz CT molecular complexity index is 1090. The fourth-order valence-corrected chi connectivity index (χ4v) is 4.67. The van der Waals surface area contributed by atoms with Crippen LogP contribution in [0.4, 0.5) is 5.69 Å². The Kier molecular flexibility index (Phi) is 3.64. The summed E-state index contributed by atoms with van der Waals surface area (Å²) in [5.41, 5.74) is 7.02. The van der Waals surface area contributed by atoms with E-state index in [0.29, 0.717) is 28.1 Å². The number of nitrogens with zero attached hydrogens (tertiary/aromatic N) is 1. The number of nitrogen functional groups attached to an aromatic ring is 1. The maximum absolute atomic E-state index is 13.1. The van der Waals surface area contributed by atoms with Crippen LogP contribution in [-0.4, -0.2) is 24.5 Å². The van der Waals surface area contributed by atoms with Gasteiger partial charge in [-0.05, 0) is 55.3 Å². The molecular weight excluding hydrogens is 330 g/mol. The number of ether oxygens (including phenoxy) is 1. The van der Waals surface area contributed by atoms with Crippen molar-refractivity contribution in [1.82, 2.24) is 8.96 Å². The van der Waals surface area contributed by atoms with Crippen molar-refractivity contribution >= 4 is 26.7 Å². The van der Waals surface area contributed by atoms with Gasteiger partial charge in [-0.1, -0.05) is 0 Å². The molecule has 3 N–H and O–H groups in total. The third kappa shape index (κ3) is 2.35. The smallest absolute Gasteiger partial charge is 0.340 e. The first-order valence-corrected chi connectivity index (χ1v) is 8.61. The van der Waals surface area contributed by atoms with E-state index in [1.165, 1.54) is 19.2 Å². The van der Waals surface area contributed by atoms with Gasteiger partial charge in [0.1, 0.15) is 5.75 Å². The van der Waals surface area contributed by atoms with Crippen LogP contribution in [0.25, 0.3) is 11.0 Å². The highest BCUT2D eigenvalue weighted by atomic mass is 32.2. The zero-order chi connectivity index (χ0) is 17.6. The standard InChI is InChI=1S/C16H17N3O4S/c1-9-6-12(23-3)7-10(2)15(9)24(21,22)19-14-5-4-11(17)8-13(14)18-16(19)20/h4-8H,17H2,1-3H3,(H,18,20). The highest BCUT2D eigenvalue weighted by Crippen LogP contribution is 2.28. The summed E-state index contributed by atoms with van der Waals surface area (Å²) in [5.74, 6) is 0.558. The van der Waals surface area contributed by atoms with Crippen molar-refractivity contribution < 1.29 is 13.2 Å². The minimum absolute atomic E-state index is 0.0862. The summed E-state index contributed by atoms with van der Waals surface area (Å²) >= 11 is 0. The van der Waals surface area contributed by atoms with Gasteiger partial charge >= 0.3 is 5.69 Å².